The van der Waals surface area contributed by atoms with Gasteiger partial charge in [-0.05, 0) is 45.2 Å². The standard InChI is InChI=1S/C26H30O2/c1-17(2)25(27)23-13-9-21(10-14-23)19-5-7-20(8-6-19)22-11-15-24(16-12-22)26(28)18(3)4/h5-18,25-28H,1-4H3. The monoisotopic (exact) mass is 374 g/mol. The van der Waals surface area contributed by atoms with Gasteiger partial charge in [0.2, 0.25) is 0 Å². The second-order valence-electron chi connectivity index (χ2n) is 8.20. The second-order valence-corrected chi connectivity index (χ2v) is 8.20. The molecule has 2 atom stereocenters. The molecular weight excluding hydrogens is 344 g/mol. The quantitative estimate of drug-likeness (QED) is 0.524. The number of benzene rings is 3. The largest absolute Gasteiger partial charge is 0.388 e. The molecule has 0 fully saturated rings. The van der Waals surface area contributed by atoms with Crippen LogP contribution in [0.4, 0.5) is 0 Å². The summed E-state index contributed by atoms with van der Waals surface area (Å²) >= 11 is 0. The Morgan fingerprint density at radius 3 is 0.857 bits per heavy atom. The molecule has 0 saturated carbocycles. The Kier molecular flexibility index (Phi) is 6.33. The molecule has 2 unspecified atom stereocenters. The molecule has 0 radical (unpaired) electrons. The summed E-state index contributed by atoms with van der Waals surface area (Å²) in [6.45, 7) is 8.08. The van der Waals surface area contributed by atoms with Gasteiger partial charge in [-0.15, -0.1) is 0 Å². The number of hydrogen-bond donors (Lipinski definition) is 2. The molecule has 0 aliphatic rings. The van der Waals surface area contributed by atoms with Crippen molar-refractivity contribution in [1.82, 2.24) is 0 Å². The molecule has 0 spiro atoms. The average Bonchev–Trinajstić information content (AvgIpc) is 2.73. The van der Waals surface area contributed by atoms with E-state index in [1.54, 1.807) is 0 Å². The first kappa shape index (κ1) is 20.3. The first-order valence-corrected chi connectivity index (χ1v) is 10.0. The number of rotatable bonds is 6. The zero-order valence-corrected chi connectivity index (χ0v) is 17.1. The van der Waals surface area contributed by atoms with Crippen molar-refractivity contribution in [3.8, 4) is 22.3 Å². The molecule has 3 aromatic carbocycles. The molecule has 2 N–H and O–H groups in total. The molecule has 28 heavy (non-hydrogen) atoms. The molecule has 2 heteroatoms. The Balaban J connectivity index is 1.76. The highest BCUT2D eigenvalue weighted by atomic mass is 16.3. The SMILES string of the molecule is CC(C)C(O)c1ccc(-c2ccc(-c3ccc(C(O)C(C)C)cc3)cc2)cc1. The summed E-state index contributed by atoms with van der Waals surface area (Å²) in [5, 5.41) is 20.4. The Morgan fingerprint density at radius 1 is 0.429 bits per heavy atom. The topological polar surface area (TPSA) is 40.5 Å². The van der Waals surface area contributed by atoms with Gasteiger partial charge in [0.1, 0.15) is 0 Å². The van der Waals surface area contributed by atoms with Crippen molar-refractivity contribution < 1.29 is 10.2 Å². The summed E-state index contributed by atoms with van der Waals surface area (Å²) in [7, 11) is 0. The van der Waals surface area contributed by atoms with Crippen molar-refractivity contribution in [2.75, 3.05) is 0 Å². The van der Waals surface area contributed by atoms with Crippen LogP contribution in [0.15, 0.2) is 72.8 Å². The van der Waals surface area contributed by atoms with Gasteiger partial charge in [0, 0.05) is 0 Å². The van der Waals surface area contributed by atoms with Gasteiger partial charge in [-0.1, -0.05) is 100 Å². The molecule has 2 nitrogen and oxygen atoms in total. The minimum Gasteiger partial charge on any atom is -0.388 e. The smallest absolute Gasteiger partial charge is 0.0812 e. The lowest BCUT2D eigenvalue weighted by atomic mass is 9.94. The van der Waals surface area contributed by atoms with E-state index in [1.807, 2.05) is 52.0 Å². The fourth-order valence-corrected chi connectivity index (χ4v) is 3.37. The molecule has 0 aliphatic carbocycles. The average molecular weight is 375 g/mol. The molecule has 3 rings (SSSR count). The van der Waals surface area contributed by atoms with Crippen LogP contribution >= 0.6 is 0 Å². The van der Waals surface area contributed by atoms with E-state index in [2.05, 4.69) is 48.5 Å². The van der Waals surface area contributed by atoms with Crippen molar-refractivity contribution >= 4 is 0 Å². The minimum atomic E-state index is -0.423. The van der Waals surface area contributed by atoms with E-state index in [-0.39, 0.29) is 11.8 Å². The van der Waals surface area contributed by atoms with E-state index in [0.29, 0.717) is 0 Å². The number of hydrogen-bond acceptors (Lipinski definition) is 2. The van der Waals surface area contributed by atoms with E-state index >= 15 is 0 Å². The van der Waals surface area contributed by atoms with Crippen molar-refractivity contribution in [3.05, 3.63) is 83.9 Å². The molecule has 0 heterocycles. The summed E-state index contributed by atoms with van der Waals surface area (Å²) in [6.07, 6.45) is -0.845. The minimum absolute atomic E-state index is 0.207. The van der Waals surface area contributed by atoms with Gasteiger partial charge in [0.05, 0.1) is 12.2 Å². The zero-order valence-electron chi connectivity index (χ0n) is 17.1. The van der Waals surface area contributed by atoms with Gasteiger partial charge in [-0.2, -0.15) is 0 Å². The fraction of sp³-hybridized carbons (Fsp3) is 0.308. The molecule has 3 aromatic rings. The van der Waals surface area contributed by atoms with Gasteiger partial charge < -0.3 is 10.2 Å². The van der Waals surface area contributed by atoms with E-state index < -0.39 is 12.2 Å². The van der Waals surface area contributed by atoms with Crippen molar-refractivity contribution in [1.29, 1.82) is 0 Å². The summed E-state index contributed by atoms with van der Waals surface area (Å²) in [5.74, 6) is 0.413. The van der Waals surface area contributed by atoms with Gasteiger partial charge in [-0.3, -0.25) is 0 Å². The third-order valence-corrected chi connectivity index (χ3v) is 5.32. The highest BCUT2D eigenvalue weighted by Crippen LogP contribution is 2.29. The normalized spacial score (nSPS) is 13.7. The summed E-state index contributed by atoms with van der Waals surface area (Å²) in [6, 6.07) is 24.8. The van der Waals surface area contributed by atoms with Crippen LogP contribution < -0.4 is 0 Å². The van der Waals surface area contributed by atoms with Gasteiger partial charge in [0.25, 0.3) is 0 Å². The summed E-state index contributed by atoms with van der Waals surface area (Å²) < 4.78 is 0. The third kappa shape index (κ3) is 4.52. The van der Waals surface area contributed by atoms with Crippen LogP contribution in [0, 0.1) is 11.8 Å². The van der Waals surface area contributed by atoms with E-state index in [1.165, 1.54) is 0 Å². The Hall–Kier alpha value is -2.42. The molecule has 0 aliphatic heterocycles. The lowest BCUT2D eigenvalue weighted by Crippen LogP contribution is -2.04. The Bertz CT molecular complexity index is 799. The maximum Gasteiger partial charge on any atom is 0.0812 e. The van der Waals surface area contributed by atoms with E-state index in [4.69, 9.17) is 0 Å². The van der Waals surface area contributed by atoms with Crippen LogP contribution in [-0.4, -0.2) is 10.2 Å². The number of aliphatic hydroxyl groups is 2. The predicted molar refractivity (Wildman–Crippen MR) is 117 cm³/mol. The van der Waals surface area contributed by atoms with Gasteiger partial charge in [0.15, 0.2) is 0 Å². The maximum atomic E-state index is 10.2. The van der Waals surface area contributed by atoms with Crippen molar-refractivity contribution in [2.24, 2.45) is 11.8 Å². The molecule has 0 aromatic heterocycles. The Labute approximate surface area is 168 Å². The summed E-state index contributed by atoms with van der Waals surface area (Å²) in [4.78, 5) is 0. The van der Waals surface area contributed by atoms with Crippen LogP contribution in [0.25, 0.3) is 22.3 Å². The van der Waals surface area contributed by atoms with Crippen LogP contribution in [0.2, 0.25) is 0 Å². The van der Waals surface area contributed by atoms with E-state index in [0.717, 1.165) is 33.4 Å². The van der Waals surface area contributed by atoms with Crippen LogP contribution in [-0.2, 0) is 0 Å². The second kappa shape index (κ2) is 8.72. The van der Waals surface area contributed by atoms with Gasteiger partial charge in [-0.25, -0.2) is 0 Å². The molecule has 0 saturated heterocycles. The Morgan fingerprint density at radius 2 is 0.643 bits per heavy atom. The number of aliphatic hydroxyl groups excluding tert-OH is 2. The highest BCUT2D eigenvalue weighted by Gasteiger charge is 2.13. The van der Waals surface area contributed by atoms with E-state index in [9.17, 15) is 10.2 Å². The first-order chi connectivity index (χ1) is 13.4. The van der Waals surface area contributed by atoms with Crippen LogP contribution in [0.5, 0.6) is 0 Å². The lowest BCUT2D eigenvalue weighted by molar-refractivity contribution is 0.127. The van der Waals surface area contributed by atoms with Gasteiger partial charge >= 0.3 is 0 Å². The summed E-state index contributed by atoms with van der Waals surface area (Å²) in [5.41, 5.74) is 6.50. The predicted octanol–water partition coefficient (Wildman–Crippen LogP) is 6.40. The fourth-order valence-electron chi connectivity index (χ4n) is 3.37. The van der Waals surface area contributed by atoms with Crippen molar-refractivity contribution in [3.63, 3.8) is 0 Å². The highest BCUT2D eigenvalue weighted by molar-refractivity contribution is 5.70. The molecule has 146 valence electrons. The third-order valence-electron chi connectivity index (χ3n) is 5.32. The lowest BCUT2D eigenvalue weighted by Gasteiger charge is -2.15. The first-order valence-electron chi connectivity index (χ1n) is 10.0. The maximum absolute atomic E-state index is 10.2. The van der Waals surface area contributed by atoms with Crippen LogP contribution in [0.1, 0.15) is 51.0 Å². The van der Waals surface area contributed by atoms with Crippen molar-refractivity contribution in [2.45, 2.75) is 39.9 Å². The molecule has 0 bridgehead atoms. The zero-order chi connectivity index (χ0) is 20.3. The van der Waals surface area contributed by atoms with Crippen LogP contribution in [0.3, 0.4) is 0 Å². The molecular formula is C26H30O2. The molecule has 0 amide bonds.